The van der Waals surface area contributed by atoms with Crippen molar-refractivity contribution in [3.63, 3.8) is 0 Å². The summed E-state index contributed by atoms with van der Waals surface area (Å²) in [5.41, 5.74) is 0. The van der Waals surface area contributed by atoms with Gasteiger partial charge in [-0.15, -0.1) is 0 Å². The summed E-state index contributed by atoms with van der Waals surface area (Å²) in [5.74, 6) is 0. The molecule has 5 heteroatoms. The van der Waals surface area contributed by atoms with Crippen molar-refractivity contribution in [2.75, 3.05) is 11.9 Å². The van der Waals surface area contributed by atoms with Crippen LogP contribution in [0.2, 0.25) is 39.3 Å². The summed E-state index contributed by atoms with van der Waals surface area (Å²) in [7, 11) is -2.17. The molecule has 0 aromatic rings. The molecule has 0 rings (SSSR count). The molecule has 0 N–H and O–H groups in total. The first-order valence-corrected chi connectivity index (χ1v) is 13.0. The molecule has 0 heterocycles. The first kappa shape index (κ1) is 18.0. The van der Waals surface area contributed by atoms with Crippen LogP contribution in [0.25, 0.3) is 0 Å². The zero-order valence-corrected chi connectivity index (χ0v) is 15.7. The average molecular weight is 309 g/mol. The molecule has 1 nitrogen and oxygen atoms in total. The Balaban J connectivity index is -0.000000240. The van der Waals surface area contributed by atoms with Crippen LogP contribution >= 0.6 is 15.9 Å². The van der Waals surface area contributed by atoms with E-state index in [-0.39, 0.29) is 25.9 Å². The minimum Gasteiger partial charge on any atom is -1.00 e. The molecule has 0 unspecified atom stereocenters. The molecule has 0 aliphatic heterocycles. The molecule has 0 aromatic heterocycles. The quantitative estimate of drug-likeness (QED) is 0.554. The molecule has 0 atom stereocenters. The fraction of sp³-hybridized carbons (Fsp3) is 1.00. The van der Waals surface area contributed by atoms with Gasteiger partial charge in [-0.1, -0.05) is 55.2 Å². The van der Waals surface area contributed by atoms with Gasteiger partial charge in [0.2, 0.25) is 0 Å². The Labute approximate surface area is 119 Å². The average Bonchev–Trinajstić information content (AvgIpc) is 1.81. The fourth-order valence-electron chi connectivity index (χ4n) is 1.89. The van der Waals surface area contributed by atoms with E-state index in [2.05, 4.69) is 59.4 Å². The molecule has 0 amide bonds. The molecule has 0 aromatic carbocycles. The molecular formula is C9H26BrMgNSi2. The predicted octanol–water partition coefficient (Wildman–Crippen LogP) is 3.59. The van der Waals surface area contributed by atoms with E-state index in [1.54, 1.807) is 0 Å². The van der Waals surface area contributed by atoms with Gasteiger partial charge in [0, 0.05) is 5.33 Å². The van der Waals surface area contributed by atoms with E-state index in [0.717, 1.165) is 5.33 Å². The summed E-state index contributed by atoms with van der Waals surface area (Å²) in [4.78, 5) is 0. The Hall–Kier alpha value is 1.64. The molecule has 0 saturated carbocycles. The van der Waals surface area contributed by atoms with Crippen molar-refractivity contribution in [1.29, 1.82) is 0 Å². The maximum Gasteiger partial charge on any atom is 2.00 e. The zero-order valence-electron chi connectivity index (χ0n) is 12.7. The Morgan fingerprint density at radius 3 is 1.57 bits per heavy atom. The second-order valence-electron chi connectivity index (χ2n) is 5.54. The summed E-state index contributed by atoms with van der Waals surface area (Å²) >= 11 is 3.52. The van der Waals surface area contributed by atoms with Crippen LogP contribution in [-0.4, -0.2) is 55.6 Å². The normalized spacial score (nSPS) is 12.9. The molecule has 0 aliphatic rings. The van der Waals surface area contributed by atoms with Gasteiger partial charge in [-0.3, -0.25) is 0 Å². The van der Waals surface area contributed by atoms with Crippen molar-refractivity contribution in [2.24, 2.45) is 0 Å². The van der Waals surface area contributed by atoms with Crippen LogP contribution in [0.15, 0.2) is 0 Å². The van der Waals surface area contributed by atoms with E-state index in [4.69, 9.17) is 0 Å². The molecule has 0 bridgehead atoms. The van der Waals surface area contributed by atoms with Crippen molar-refractivity contribution < 1.29 is 2.85 Å². The van der Waals surface area contributed by atoms with E-state index in [1.807, 2.05) is 0 Å². The van der Waals surface area contributed by atoms with Crippen molar-refractivity contribution in [3.05, 3.63) is 0 Å². The van der Waals surface area contributed by atoms with Gasteiger partial charge in [-0.05, 0) is 13.0 Å². The number of halogens is 1. The number of hydrogen-bond donors (Lipinski definition) is 0. The molecule has 0 fully saturated rings. The molecule has 0 saturated heterocycles. The monoisotopic (exact) mass is 307 g/mol. The number of alkyl halides is 1. The van der Waals surface area contributed by atoms with Gasteiger partial charge in [0.1, 0.15) is 16.5 Å². The molecule has 84 valence electrons. The minimum absolute atomic E-state index is 0. The Morgan fingerprint density at radius 2 is 1.36 bits per heavy atom. The first-order chi connectivity index (χ1) is 5.69. The van der Waals surface area contributed by atoms with E-state index in [9.17, 15) is 0 Å². The molecule has 0 aliphatic carbocycles. The smallest absolute Gasteiger partial charge is 1.00 e. The standard InChI is InChI=1S/C9H24BrNSi2.Mg.2H/c1-12(2,3)11(9-7-8-10)13(4,5)6;;;/h7-9H2,1-6H3;;;/q;+2;2*-1. The third-order valence-electron chi connectivity index (χ3n) is 2.13. The molecule has 0 radical (unpaired) electrons. The van der Waals surface area contributed by atoms with Gasteiger partial charge in [0.05, 0.1) is 0 Å². The van der Waals surface area contributed by atoms with E-state index < -0.39 is 16.5 Å². The van der Waals surface area contributed by atoms with Crippen LogP contribution in [0.4, 0.5) is 0 Å². The fourth-order valence-corrected chi connectivity index (χ4v) is 11.9. The topological polar surface area (TPSA) is 3.24 Å². The summed E-state index contributed by atoms with van der Waals surface area (Å²) < 4.78 is 2.83. The van der Waals surface area contributed by atoms with Gasteiger partial charge >= 0.3 is 23.1 Å². The Kier molecular flexibility index (Phi) is 9.09. The van der Waals surface area contributed by atoms with Crippen LogP contribution in [0.3, 0.4) is 0 Å². The zero-order chi connectivity index (χ0) is 10.7. The summed E-state index contributed by atoms with van der Waals surface area (Å²) in [6.45, 7) is 16.0. The van der Waals surface area contributed by atoms with Gasteiger partial charge in [-0.25, -0.2) is 0 Å². The molecule has 14 heavy (non-hydrogen) atoms. The largest absolute Gasteiger partial charge is 2.00 e. The number of hydrogen-bond acceptors (Lipinski definition) is 1. The minimum atomic E-state index is -1.09. The molecular weight excluding hydrogens is 282 g/mol. The van der Waals surface area contributed by atoms with Crippen molar-refractivity contribution in [2.45, 2.75) is 45.7 Å². The second kappa shape index (κ2) is 7.06. The number of rotatable bonds is 5. The van der Waals surface area contributed by atoms with Crippen LogP contribution in [0.1, 0.15) is 9.27 Å². The maximum absolute atomic E-state index is 3.52. The van der Waals surface area contributed by atoms with E-state index >= 15 is 0 Å². The summed E-state index contributed by atoms with van der Waals surface area (Å²) in [6.07, 6.45) is 1.29. The SMILES string of the molecule is C[Si](C)(C)N(CCCBr)[Si](C)(C)C.[H-].[H-].[Mg+2]. The second-order valence-corrected chi connectivity index (χ2v) is 16.5. The van der Waals surface area contributed by atoms with Gasteiger partial charge in [0.15, 0.2) is 0 Å². The summed E-state index contributed by atoms with van der Waals surface area (Å²) in [5, 5.41) is 1.14. The van der Waals surface area contributed by atoms with Crippen molar-refractivity contribution >= 4 is 55.5 Å². The van der Waals surface area contributed by atoms with E-state index in [0.29, 0.717) is 0 Å². The number of nitrogens with zero attached hydrogens (tertiary/aromatic N) is 1. The van der Waals surface area contributed by atoms with Crippen LogP contribution in [-0.2, 0) is 0 Å². The third-order valence-corrected chi connectivity index (χ3v) is 10.4. The van der Waals surface area contributed by atoms with Gasteiger partial charge < -0.3 is 7.08 Å². The van der Waals surface area contributed by atoms with Crippen molar-refractivity contribution in [1.82, 2.24) is 4.23 Å². The van der Waals surface area contributed by atoms with Crippen molar-refractivity contribution in [3.8, 4) is 0 Å². The van der Waals surface area contributed by atoms with Crippen LogP contribution in [0, 0.1) is 0 Å². The molecule has 0 spiro atoms. The maximum atomic E-state index is 3.52. The van der Waals surface area contributed by atoms with E-state index in [1.165, 1.54) is 13.0 Å². The Morgan fingerprint density at radius 1 is 1.00 bits per heavy atom. The van der Waals surface area contributed by atoms with Crippen LogP contribution < -0.4 is 0 Å². The first-order valence-electron chi connectivity index (χ1n) is 5.03. The van der Waals surface area contributed by atoms with Gasteiger partial charge in [0.25, 0.3) is 0 Å². The Bertz CT molecular complexity index is 149. The van der Waals surface area contributed by atoms with Gasteiger partial charge in [-0.2, -0.15) is 0 Å². The predicted molar refractivity (Wildman–Crippen MR) is 79.8 cm³/mol. The van der Waals surface area contributed by atoms with Crippen LogP contribution in [0.5, 0.6) is 0 Å². The summed E-state index contributed by atoms with van der Waals surface area (Å²) in [6, 6.07) is 0. The third kappa shape index (κ3) is 7.00.